The van der Waals surface area contributed by atoms with Crippen LogP contribution in [0.15, 0.2) is 65.6 Å². The lowest BCUT2D eigenvalue weighted by atomic mass is 9.90. The van der Waals surface area contributed by atoms with Gasteiger partial charge in [-0.2, -0.15) is 8.42 Å². The largest absolute Gasteiger partial charge is 0.496 e. The first kappa shape index (κ1) is 107. The fourth-order valence-corrected chi connectivity index (χ4v) is 13.4. The van der Waals surface area contributed by atoms with Crippen molar-refractivity contribution in [1.29, 1.82) is 10.8 Å². The average molecular weight is 1780 g/mol. The van der Waals surface area contributed by atoms with Crippen LogP contribution in [0.5, 0.6) is 5.75 Å². The Morgan fingerprint density at radius 1 is 0.624 bits per heavy atom. The first-order chi connectivity index (χ1) is 58.6. The lowest BCUT2D eigenvalue weighted by molar-refractivity contribution is -0.141. The molecule has 1 aliphatic rings. The van der Waals surface area contributed by atoms with Crippen LogP contribution < -0.4 is 113 Å². The maximum Gasteiger partial charge on any atom is 0.332 e. The summed E-state index contributed by atoms with van der Waals surface area (Å²) in [6.45, 7) is 13.4. The van der Waals surface area contributed by atoms with Crippen LogP contribution in [0.25, 0.3) is 0 Å². The van der Waals surface area contributed by atoms with E-state index in [-0.39, 0.29) is 115 Å². The Bertz CT molecular complexity index is 4320. The number of allylic oxidation sites excluding steroid dienone is 2. The number of aliphatic carboxylic acids is 1. The van der Waals surface area contributed by atoms with E-state index in [2.05, 4.69) is 85.1 Å². The van der Waals surface area contributed by atoms with Crippen LogP contribution in [0.1, 0.15) is 188 Å². The van der Waals surface area contributed by atoms with Gasteiger partial charge in [0, 0.05) is 39.4 Å². The summed E-state index contributed by atoms with van der Waals surface area (Å²) < 4.78 is 42.5. The maximum atomic E-state index is 15.2. The van der Waals surface area contributed by atoms with Gasteiger partial charge in [0.15, 0.2) is 11.9 Å². The quantitative estimate of drug-likeness (QED) is 0.0103. The summed E-state index contributed by atoms with van der Waals surface area (Å²) in [4.78, 5) is 236. The number of benzene rings is 2. The number of carboxylic acids is 1. The van der Waals surface area contributed by atoms with Crippen LogP contribution in [-0.4, -0.2) is 231 Å². The first-order valence-electron chi connectivity index (χ1n) is 41.1. The van der Waals surface area contributed by atoms with Gasteiger partial charge < -0.3 is 118 Å². The number of hydrogen-bond donors (Lipinski definition) is 23. The van der Waals surface area contributed by atoms with Gasteiger partial charge in [0.1, 0.15) is 77.2 Å². The monoisotopic (exact) mass is 1780 g/mol. The van der Waals surface area contributed by atoms with Crippen LogP contribution in [0.2, 0.25) is 0 Å². The van der Waals surface area contributed by atoms with Gasteiger partial charge in [0.05, 0.1) is 30.5 Å². The number of halogens is 1. The molecular weight excluding hydrogens is 1660 g/mol. The predicted octanol–water partition coefficient (Wildman–Crippen LogP) is -3.12. The number of carbonyl (C=O) groups excluding carboxylic acids is 16. The minimum absolute atomic E-state index is 0.0122. The molecular formula is C80H125FN22O21S. The summed E-state index contributed by atoms with van der Waals surface area (Å²) >= 11 is 0. The summed E-state index contributed by atoms with van der Waals surface area (Å²) in [6.07, 6.45) is 1.64. The smallest absolute Gasteiger partial charge is 0.332 e. The Hall–Kier alpha value is -12.6. The lowest BCUT2D eigenvalue weighted by Crippen LogP contribution is -2.65. The molecule has 45 heteroatoms. The third-order valence-corrected chi connectivity index (χ3v) is 21.3. The Kier molecular flexibility index (Phi) is 44.4. The molecule has 0 bridgehead atoms. The van der Waals surface area contributed by atoms with E-state index in [4.69, 9.17) is 38.5 Å². The summed E-state index contributed by atoms with van der Waals surface area (Å²) in [5, 5.41) is 65.8. The SMILES string of the molecule is CC[C@H](C)[C@H](NC(=O)[C@H](CNC(=O)c1cc(S(=O)(=O)F)ccc1OC)NC(C)=O)C(=O)N[C@@H](C)C(=O)N[C@@]1(C)CCC/C=C\CCC[C@@](C)(C(=O)N[C@H](C(=O)NCC(=O)N[C@@H](CC(=O)O)C(=O)N[C@@H](CCCNC(=N)N)C(=O)N[C@@H](Cc2ccccc2)C(N)=O)[C@@H](C)CC)NC(=O)[C@H](CCCNC(=N)N)NC(=O)[C@H](CC(C)C)NC(=O)[C@H](CCC(N)=O)NC1=O. The zero-order valence-electron chi connectivity index (χ0n) is 72.3. The topological polar surface area (TPSA) is 698 Å². The van der Waals surface area contributed by atoms with Crippen LogP contribution in [0.3, 0.4) is 0 Å². The van der Waals surface area contributed by atoms with Gasteiger partial charge in [-0.05, 0) is 139 Å². The summed E-state index contributed by atoms with van der Waals surface area (Å²) in [6, 6.07) is -4.41. The van der Waals surface area contributed by atoms with Crippen molar-refractivity contribution in [3.8, 4) is 5.75 Å². The number of primary amides is 2. The van der Waals surface area contributed by atoms with Gasteiger partial charge in [-0.15, -0.1) is 3.89 Å². The maximum absolute atomic E-state index is 15.2. The zero-order chi connectivity index (χ0) is 94.2. The summed E-state index contributed by atoms with van der Waals surface area (Å²) in [5.41, 5.74) is 18.4. The second-order valence-corrected chi connectivity index (χ2v) is 32.8. The molecule has 0 unspecified atom stereocenters. The average Bonchev–Trinajstić information content (AvgIpc) is 1.65. The minimum Gasteiger partial charge on any atom is -0.496 e. The molecule has 43 nitrogen and oxygen atoms in total. The highest BCUT2D eigenvalue weighted by Crippen LogP contribution is 2.26. The highest BCUT2D eigenvalue weighted by molar-refractivity contribution is 7.86. The number of hydrogen-bond acceptors (Lipinski definition) is 22. The van der Waals surface area contributed by atoms with Gasteiger partial charge in [0.25, 0.3) is 5.91 Å². The molecule has 0 spiro atoms. The van der Waals surface area contributed by atoms with Crippen molar-refractivity contribution in [3.05, 3.63) is 71.8 Å². The second-order valence-electron chi connectivity index (χ2n) is 31.5. The molecule has 0 aromatic heterocycles. The van der Waals surface area contributed by atoms with Crippen LogP contribution in [-0.2, 0) is 93.4 Å². The number of nitrogens with two attached hydrogens (primary N) is 4. The molecule has 125 heavy (non-hydrogen) atoms. The van der Waals surface area contributed by atoms with Gasteiger partial charge in [-0.3, -0.25) is 92.3 Å². The molecule has 694 valence electrons. The number of carbonyl (C=O) groups is 17. The van der Waals surface area contributed by atoms with Crippen molar-refractivity contribution in [1.82, 2.24) is 85.1 Å². The highest BCUT2D eigenvalue weighted by atomic mass is 32.3. The number of methoxy groups -OCH3 is 1. The summed E-state index contributed by atoms with van der Waals surface area (Å²) in [7, 11) is -4.15. The first-order valence-corrected chi connectivity index (χ1v) is 42.4. The zero-order valence-corrected chi connectivity index (χ0v) is 73.2. The Morgan fingerprint density at radius 3 is 1.74 bits per heavy atom. The van der Waals surface area contributed by atoms with E-state index in [1.165, 1.54) is 20.8 Å². The highest BCUT2D eigenvalue weighted by Gasteiger charge is 2.43. The number of carboxylic acid groups (broad SMARTS) is 1. The van der Waals surface area contributed by atoms with Crippen molar-refractivity contribution >= 4 is 123 Å². The molecule has 2 aromatic carbocycles. The van der Waals surface area contributed by atoms with E-state index in [0.29, 0.717) is 11.6 Å². The summed E-state index contributed by atoms with van der Waals surface area (Å²) in [5.74, 6) is -20.1. The molecule has 0 radical (unpaired) electrons. The lowest BCUT2D eigenvalue weighted by Gasteiger charge is -2.34. The third-order valence-electron chi connectivity index (χ3n) is 20.5. The van der Waals surface area contributed by atoms with Crippen LogP contribution in [0, 0.1) is 28.6 Å². The number of rotatable bonds is 44. The predicted molar refractivity (Wildman–Crippen MR) is 454 cm³/mol. The molecule has 27 N–H and O–H groups in total. The molecule has 16 amide bonds. The second kappa shape index (κ2) is 52.1. The van der Waals surface area contributed by atoms with Gasteiger partial charge in [-0.25, -0.2) is 0 Å². The minimum atomic E-state index is -5.30. The Labute approximate surface area is 725 Å². The molecule has 0 aliphatic carbocycles. The Morgan fingerprint density at radius 2 is 1.18 bits per heavy atom. The fraction of sp³-hybridized carbons (Fsp3) is 0.588. The molecule has 1 aliphatic heterocycles. The van der Waals surface area contributed by atoms with Gasteiger partial charge in [0.2, 0.25) is 88.6 Å². The molecule has 0 saturated carbocycles. The van der Waals surface area contributed by atoms with Crippen molar-refractivity contribution < 1.29 is 104 Å². The molecule has 14 atom stereocenters. The van der Waals surface area contributed by atoms with E-state index >= 15 is 9.59 Å². The normalized spacial score (nSPS) is 19.7. The molecule has 0 fully saturated rings. The molecule has 1 heterocycles. The van der Waals surface area contributed by atoms with Crippen molar-refractivity contribution in [2.75, 3.05) is 33.3 Å². The van der Waals surface area contributed by atoms with Crippen LogP contribution >= 0.6 is 0 Å². The van der Waals surface area contributed by atoms with Crippen LogP contribution in [0.4, 0.5) is 3.89 Å². The number of guanidine groups is 2. The van der Waals surface area contributed by atoms with E-state index < -0.39 is 249 Å². The molecule has 0 saturated heterocycles. The number of amides is 16. The van der Waals surface area contributed by atoms with E-state index in [1.807, 2.05) is 0 Å². The number of ether oxygens (including phenoxy) is 1. The van der Waals surface area contributed by atoms with Crippen molar-refractivity contribution in [2.45, 2.75) is 255 Å². The molecule has 3 rings (SSSR count). The third kappa shape index (κ3) is 37.6. The van der Waals surface area contributed by atoms with E-state index in [1.54, 1.807) is 84.0 Å². The number of nitrogens with one attached hydrogen (secondary N) is 18. The van der Waals surface area contributed by atoms with Gasteiger partial charge in [-0.1, -0.05) is 96.9 Å². The Balaban J connectivity index is 2.06. The van der Waals surface area contributed by atoms with Crippen molar-refractivity contribution in [3.63, 3.8) is 0 Å². The van der Waals surface area contributed by atoms with Crippen molar-refractivity contribution in [2.24, 2.45) is 40.7 Å². The van der Waals surface area contributed by atoms with E-state index in [0.717, 1.165) is 26.2 Å². The fourth-order valence-electron chi connectivity index (χ4n) is 12.9. The van der Waals surface area contributed by atoms with Gasteiger partial charge >= 0.3 is 16.2 Å². The van der Waals surface area contributed by atoms with E-state index in [9.17, 15) is 89.3 Å². The standard InChI is InChI=1S/C80H125FN22O21S/c1-12-44(5)62(73(118)91-42-60(106)94-56(40-61(107)108)70(115)95-51(27-23-35-88-77(84)85)67(112)97-54(64(83)109)38-48-25-19-18-20-26-48)101-76(121)80(10)34-22-17-15-14-16-21-33-79(9,75(120)99-53(30-32-59(82)105)68(113)98-55(37-43(3)4)69(114)96-52(72(117)103-80)28-24-36-89-78(86)87)102-65(110)46(7)92-74(119)63(45(6)13-2)100-71(116)57(93-47(8)104)41-90-66(111)50-39-49(125(81,122)123)29-31-58(50)124-11/h14-15,18-20,25-26,29,31,39,43-46,51-57,62-63H,12-13,16-17,21-24,27-28,30,32-38,40-42H2,1-11H3,(H2,82,105)(H2,83,109)(H,90,111)(H,91,118)(H,92,119)(H,93,104)(H,94,106)(H,95,115)(H,96,114)(H,97,112)(H,98,113)(H,99,120)(H,100,116)(H,101,121)(H,102,110)(H,103,117)(H,107,108)(H4,84,85,88)(H4,86,87,89)/b15-14-/t44-,45-,46-,51-,52-,53-,54-,55-,56-,57-,62-,63-,79-,80-/m0/s1. The molecule has 2 aromatic rings.